The van der Waals surface area contributed by atoms with Gasteiger partial charge in [-0.2, -0.15) is 0 Å². The number of hydrogen-bond acceptors (Lipinski definition) is 3. The lowest BCUT2D eigenvalue weighted by atomic mass is 9.65. The van der Waals surface area contributed by atoms with Gasteiger partial charge in [-0.05, 0) is 25.2 Å². The van der Waals surface area contributed by atoms with Crippen molar-refractivity contribution in [3.05, 3.63) is 0 Å². The second kappa shape index (κ2) is 4.64. The van der Waals surface area contributed by atoms with Gasteiger partial charge in [-0.1, -0.05) is 13.8 Å². The smallest absolute Gasteiger partial charge is 0.309 e. The van der Waals surface area contributed by atoms with E-state index in [0.717, 1.165) is 0 Å². The lowest BCUT2D eigenvalue weighted by Gasteiger charge is -2.37. The van der Waals surface area contributed by atoms with Crippen LogP contribution in [0.15, 0.2) is 0 Å². The van der Waals surface area contributed by atoms with Crippen molar-refractivity contribution in [2.45, 2.75) is 33.6 Å². The van der Waals surface area contributed by atoms with Crippen LogP contribution in [0.4, 0.5) is 0 Å². The van der Waals surface area contributed by atoms with Crippen LogP contribution in [0.1, 0.15) is 33.6 Å². The van der Waals surface area contributed by atoms with Crippen molar-refractivity contribution in [3.63, 3.8) is 0 Å². The summed E-state index contributed by atoms with van der Waals surface area (Å²) in [5.41, 5.74) is -1.45. The van der Waals surface area contributed by atoms with E-state index in [1.165, 1.54) is 0 Å². The van der Waals surface area contributed by atoms with E-state index in [0.29, 0.717) is 12.8 Å². The van der Waals surface area contributed by atoms with Crippen LogP contribution in [-0.4, -0.2) is 35.2 Å². The Morgan fingerprint density at radius 1 is 1.35 bits per heavy atom. The molecule has 1 saturated carbocycles. The van der Waals surface area contributed by atoms with Gasteiger partial charge >= 0.3 is 5.97 Å². The number of rotatable bonds is 4. The summed E-state index contributed by atoms with van der Waals surface area (Å²) in [5.74, 6) is -1.32. The number of aliphatic hydroxyl groups is 1. The summed E-state index contributed by atoms with van der Waals surface area (Å²) < 4.78 is 0. The fourth-order valence-electron chi connectivity index (χ4n) is 2.64. The number of aliphatic carboxylic acids is 1. The highest BCUT2D eigenvalue weighted by Crippen LogP contribution is 2.56. The van der Waals surface area contributed by atoms with Gasteiger partial charge in [0.1, 0.15) is 0 Å². The largest absolute Gasteiger partial charge is 0.481 e. The Morgan fingerprint density at radius 3 is 2.35 bits per heavy atom. The molecule has 2 atom stereocenters. The zero-order valence-electron chi connectivity index (χ0n) is 10.6. The van der Waals surface area contributed by atoms with Crippen LogP contribution in [0.5, 0.6) is 0 Å². The van der Waals surface area contributed by atoms with Crippen LogP contribution in [-0.2, 0) is 9.59 Å². The van der Waals surface area contributed by atoms with Crippen LogP contribution in [0.25, 0.3) is 0 Å². The molecule has 5 nitrogen and oxygen atoms in total. The molecule has 1 aliphatic rings. The van der Waals surface area contributed by atoms with Crippen molar-refractivity contribution >= 4 is 11.9 Å². The molecule has 17 heavy (non-hydrogen) atoms. The van der Waals surface area contributed by atoms with E-state index in [1.54, 1.807) is 6.92 Å². The fourth-order valence-corrected chi connectivity index (χ4v) is 2.64. The van der Waals surface area contributed by atoms with Gasteiger partial charge < -0.3 is 15.5 Å². The molecule has 0 aromatic rings. The molecule has 0 aromatic carbocycles. The first kappa shape index (κ1) is 14.0. The van der Waals surface area contributed by atoms with E-state index in [2.05, 4.69) is 5.32 Å². The van der Waals surface area contributed by atoms with E-state index in [9.17, 15) is 14.7 Å². The normalized spacial score (nSPS) is 31.2. The highest BCUT2D eigenvalue weighted by Gasteiger charge is 2.58. The third kappa shape index (κ3) is 2.16. The summed E-state index contributed by atoms with van der Waals surface area (Å²) in [6.07, 6.45) is 1.08. The first-order valence-corrected chi connectivity index (χ1v) is 5.89. The molecule has 1 amide bonds. The average Bonchev–Trinajstić information content (AvgIpc) is 2.48. The zero-order chi connectivity index (χ0) is 13.3. The minimum Gasteiger partial charge on any atom is -0.481 e. The van der Waals surface area contributed by atoms with Crippen LogP contribution >= 0.6 is 0 Å². The minimum absolute atomic E-state index is 0.102. The van der Waals surface area contributed by atoms with Crippen LogP contribution < -0.4 is 5.32 Å². The number of hydrogen-bond donors (Lipinski definition) is 3. The average molecular weight is 243 g/mol. The van der Waals surface area contributed by atoms with Gasteiger partial charge in [0.2, 0.25) is 5.91 Å². The summed E-state index contributed by atoms with van der Waals surface area (Å²) in [6, 6.07) is 0. The van der Waals surface area contributed by atoms with Crippen molar-refractivity contribution in [2.75, 3.05) is 13.2 Å². The Hall–Kier alpha value is -1.10. The van der Waals surface area contributed by atoms with Crippen LogP contribution in [0.3, 0.4) is 0 Å². The van der Waals surface area contributed by atoms with Gasteiger partial charge in [0.05, 0.1) is 12.0 Å². The molecule has 0 radical (unpaired) electrons. The summed E-state index contributed by atoms with van der Waals surface area (Å²) in [6.45, 7) is 5.48. The Bertz CT molecular complexity index is 326. The van der Waals surface area contributed by atoms with Crippen LogP contribution in [0, 0.1) is 16.7 Å². The van der Waals surface area contributed by atoms with E-state index >= 15 is 0 Å². The molecule has 5 heteroatoms. The lowest BCUT2D eigenvalue weighted by molar-refractivity contribution is -0.155. The van der Waals surface area contributed by atoms with Gasteiger partial charge in [0.15, 0.2) is 0 Å². The number of carboxylic acids is 1. The number of amides is 1. The number of nitrogens with one attached hydrogen (secondary N) is 1. The maximum Gasteiger partial charge on any atom is 0.309 e. The lowest BCUT2D eigenvalue weighted by Crippen LogP contribution is -2.45. The third-order valence-electron chi connectivity index (χ3n) is 4.43. The predicted molar refractivity (Wildman–Crippen MR) is 62.3 cm³/mol. The maximum absolute atomic E-state index is 11.9. The Balaban J connectivity index is 2.86. The molecule has 3 N–H and O–H groups in total. The minimum atomic E-state index is -0.867. The number of carbonyl (C=O) groups excluding carboxylic acids is 1. The Labute approximate surface area is 101 Å². The van der Waals surface area contributed by atoms with Gasteiger partial charge in [0, 0.05) is 12.5 Å². The van der Waals surface area contributed by atoms with E-state index in [4.69, 9.17) is 5.11 Å². The third-order valence-corrected chi connectivity index (χ3v) is 4.43. The van der Waals surface area contributed by atoms with Crippen molar-refractivity contribution in [1.82, 2.24) is 5.32 Å². The molecular formula is C12H21NO4. The summed E-state index contributed by atoms with van der Waals surface area (Å²) in [4.78, 5) is 23.3. The molecule has 0 bridgehead atoms. The summed E-state index contributed by atoms with van der Waals surface area (Å²) in [7, 11) is 0. The van der Waals surface area contributed by atoms with Gasteiger partial charge in [-0.25, -0.2) is 0 Å². The molecule has 0 spiro atoms. The molecule has 0 aromatic heterocycles. The number of carboxylic acid groups (broad SMARTS) is 1. The summed E-state index contributed by atoms with van der Waals surface area (Å²) in [5, 5.41) is 20.6. The van der Waals surface area contributed by atoms with E-state index in [1.807, 2.05) is 13.8 Å². The van der Waals surface area contributed by atoms with Crippen molar-refractivity contribution in [1.29, 1.82) is 0 Å². The fraction of sp³-hybridized carbons (Fsp3) is 0.833. The molecule has 1 rings (SSSR count). The number of carbonyl (C=O) groups is 2. The van der Waals surface area contributed by atoms with Crippen molar-refractivity contribution in [3.8, 4) is 0 Å². The quantitative estimate of drug-likeness (QED) is 0.675. The molecule has 0 heterocycles. The molecule has 2 unspecified atom stereocenters. The predicted octanol–water partition coefficient (Wildman–Crippen LogP) is 0.622. The first-order chi connectivity index (χ1) is 7.77. The van der Waals surface area contributed by atoms with Crippen molar-refractivity contribution < 1.29 is 19.8 Å². The second-order valence-electron chi connectivity index (χ2n) is 5.46. The molecule has 98 valence electrons. The number of aliphatic hydroxyl groups excluding tert-OH is 1. The molecule has 0 saturated heterocycles. The summed E-state index contributed by atoms with van der Waals surface area (Å²) >= 11 is 0. The van der Waals surface area contributed by atoms with Crippen LogP contribution in [0.2, 0.25) is 0 Å². The first-order valence-electron chi connectivity index (χ1n) is 5.89. The molecule has 1 fully saturated rings. The Morgan fingerprint density at radius 2 is 1.94 bits per heavy atom. The molecule has 1 aliphatic carbocycles. The van der Waals surface area contributed by atoms with Gasteiger partial charge in [0.25, 0.3) is 0 Å². The van der Waals surface area contributed by atoms with Gasteiger partial charge in [-0.15, -0.1) is 0 Å². The standard InChI is InChI=1S/C12H21NO4/c1-11(2)8(9(15)13-6-7-14)4-5-12(11,3)10(16)17/h8,14H,4-7H2,1-3H3,(H,13,15)(H,16,17). The maximum atomic E-state index is 11.9. The second-order valence-corrected chi connectivity index (χ2v) is 5.46. The Kier molecular flexibility index (Phi) is 3.81. The monoisotopic (exact) mass is 243 g/mol. The molecular weight excluding hydrogens is 222 g/mol. The van der Waals surface area contributed by atoms with Gasteiger partial charge in [-0.3, -0.25) is 9.59 Å². The highest BCUT2D eigenvalue weighted by molar-refractivity contribution is 5.83. The molecule has 0 aliphatic heterocycles. The van der Waals surface area contributed by atoms with E-state index in [-0.39, 0.29) is 25.0 Å². The SMILES string of the molecule is CC1(C(=O)O)CCC(C(=O)NCCO)C1(C)C. The highest BCUT2D eigenvalue weighted by atomic mass is 16.4. The van der Waals surface area contributed by atoms with Crippen molar-refractivity contribution in [2.24, 2.45) is 16.7 Å². The zero-order valence-corrected chi connectivity index (χ0v) is 10.6. The van der Waals surface area contributed by atoms with E-state index < -0.39 is 16.8 Å². The topological polar surface area (TPSA) is 86.6 Å².